The summed E-state index contributed by atoms with van der Waals surface area (Å²) < 4.78 is 4.71. The van der Waals surface area contributed by atoms with Crippen molar-refractivity contribution in [3.63, 3.8) is 0 Å². The lowest BCUT2D eigenvalue weighted by Crippen LogP contribution is -2.71. The summed E-state index contributed by atoms with van der Waals surface area (Å²) in [6, 6.07) is 7.80. The maximum absolute atomic E-state index is 13.0. The molecule has 3 unspecified atom stereocenters. The van der Waals surface area contributed by atoms with E-state index >= 15 is 0 Å². The van der Waals surface area contributed by atoms with Crippen molar-refractivity contribution in [3.8, 4) is 11.3 Å². The molecule has 3 atom stereocenters. The van der Waals surface area contributed by atoms with E-state index in [2.05, 4.69) is 10.5 Å². The number of amides is 3. The van der Waals surface area contributed by atoms with Crippen LogP contribution in [-0.4, -0.2) is 50.0 Å². The molecule has 2 aliphatic heterocycles. The second-order valence-corrected chi connectivity index (χ2v) is 9.21. The average molecular weight is 400 g/mol. The summed E-state index contributed by atoms with van der Waals surface area (Å²) in [7, 11) is 0. The zero-order chi connectivity index (χ0) is 20.2. The van der Waals surface area contributed by atoms with Crippen LogP contribution in [-0.2, 0) is 9.59 Å². The molecule has 3 amide bonds. The average Bonchev–Trinajstić information content (AvgIpc) is 3.15. The summed E-state index contributed by atoms with van der Waals surface area (Å²) in [5.41, 5.74) is 6.96. The topological polar surface area (TPSA) is 119 Å². The fourth-order valence-electron chi connectivity index (χ4n) is 3.85. The Kier molecular flexibility index (Phi) is 4.22. The number of aryl methyl sites for hydroxylation is 1. The number of carbonyl (C=O) groups is 3. The Labute approximate surface area is 165 Å². The van der Waals surface area contributed by atoms with Gasteiger partial charge in [0.1, 0.15) is 34.5 Å². The van der Waals surface area contributed by atoms with E-state index < -0.39 is 28.6 Å². The third-order valence-electron chi connectivity index (χ3n) is 5.13. The summed E-state index contributed by atoms with van der Waals surface area (Å²) >= 11 is 1.46. The third-order valence-corrected chi connectivity index (χ3v) is 6.71. The van der Waals surface area contributed by atoms with Crippen LogP contribution in [0.2, 0.25) is 0 Å². The van der Waals surface area contributed by atoms with Crippen molar-refractivity contribution < 1.29 is 18.9 Å². The molecule has 0 bridgehead atoms. The largest absolute Gasteiger partial charge is 0.368 e. The first-order valence-electron chi connectivity index (χ1n) is 8.84. The van der Waals surface area contributed by atoms with Gasteiger partial charge in [-0.2, -0.15) is 0 Å². The Morgan fingerprint density at radius 2 is 1.96 bits per heavy atom. The lowest BCUT2D eigenvalue weighted by molar-refractivity contribution is -0.152. The first-order chi connectivity index (χ1) is 13.2. The van der Waals surface area contributed by atoms with Crippen molar-refractivity contribution in [3.05, 3.63) is 41.7 Å². The van der Waals surface area contributed by atoms with Crippen molar-refractivity contribution in [2.45, 2.75) is 43.0 Å². The predicted molar refractivity (Wildman–Crippen MR) is 103 cm³/mol. The van der Waals surface area contributed by atoms with Crippen molar-refractivity contribution in [1.29, 1.82) is 0 Å². The van der Waals surface area contributed by atoms with E-state index in [0.29, 0.717) is 17.0 Å². The molecular weight excluding hydrogens is 380 g/mol. The first kappa shape index (κ1) is 18.5. The second kappa shape index (κ2) is 6.37. The van der Waals surface area contributed by atoms with Gasteiger partial charge in [0.15, 0.2) is 0 Å². The van der Waals surface area contributed by atoms with E-state index in [1.54, 1.807) is 6.92 Å². The van der Waals surface area contributed by atoms with Crippen molar-refractivity contribution in [2.75, 3.05) is 0 Å². The van der Waals surface area contributed by atoms with Gasteiger partial charge in [0.05, 0.1) is 0 Å². The highest BCUT2D eigenvalue weighted by molar-refractivity contribution is 8.01. The highest BCUT2D eigenvalue weighted by Crippen LogP contribution is 2.50. The van der Waals surface area contributed by atoms with Crippen molar-refractivity contribution >= 4 is 29.5 Å². The fourth-order valence-corrected chi connectivity index (χ4v) is 5.50. The highest BCUT2D eigenvalue weighted by atomic mass is 32.2. The van der Waals surface area contributed by atoms with E-state index in [1.165, 1.54) is 16.7 Å². The standard InChI is InChI=1S/C19H20N4O4S/c1-9-11(12(22-27-9)10-7-5-4-6-8-10)16(25)21-13-17(26)23-14(15(20)24)19(2,3)28-18(13)23/h4-8,13-14,18H,1-3H3,(H2,20,24)(H,21,25). The number of primary amides is 1. The van der Waals surface area contributed by atoms with Gasteiger partial charge in [0, 0.05) is 10.3 Å². The number of nitrogens with zero attached hydrogens (tertiary/aromatic N) is 2. The Morgan fingerprint density at radius 1 is 1.29 bits per heavy atom. The number of carbonyl (C=O) groups excluding carboxylic acids is 3. The van der Waals surface area contributed by atoms with Gasteiger partial charge in [-0.1, -0.05) is 35.5 Å². The third kappa shape index (κ3) is 2.69. The van der Waals surface area contributed by atoms with Crippen LogP contribution >= 0.6 is 11.8 Å². The lowest BCUT2D eigenvalue weighted by atomic mass is 9.95. The first-order valence-corrected chi connectivity index (χ1v) is 9.72. The minimum Gasteiger partial charge on any atom is -0.368 e. The highest BCUT2D eigenvalue weighted by Gasteiger charge is 2.63. The predicted octanol–water partition coefficient (Wildman–Crippen LogP) is 1.30. The number of thioether (sulfide) groups is 1. The van der Waals surface area contributed by atoms with Crippen LogP contribution in [0.25, 0.3) is 11.3 Å². The van der Waals surface area contributed by atoms with E-state index in [9.17, 15) is 14.4 Å². The SMILES string of the molecule is Cc1onc(-c2ccccc2)c1C(=O)NC1C(=O)N2C1SC(C)(C)C2C(N)=O. The Balaban J connectivity index is 1.58. The summed E-state index contributed by atoms with van der Waals surface area (Å²) in [6.45, 7) is 5.39. The molecule has 9 heteroatoms. The number of aromatic nitrogens is 1. The molecule has 0 radical (unpaired) electrons. The van der Waals surface area contributed by atoms with Crippen LogP contribution in [0.1, 0.15) is 30.0 Å². The molecular formula is C19H20N4O4S. The smallest absolute Gasteiger partial charge is 0.257 e. The maximum Gasteiger partial charge on any atom is 0.257 e. The molecule has 0 spiro atoms. The summed E-state index contributed by atoms with van der Waals surface area (Å²) in [4.78, 5) is 38.9. The van der Waals surface area contributed by atoms with E-state index in [-0.39, 0.29) is 11.3 Å². The Morgan fingerprint density at radius 3 is 2.61 bits per heavy atom. The Bertz CT molecular complexity index is 972. The number of hydrogen-bond donors (Lipinski definition) is 2. The molecule has 3 N–H and O–H groups in total. The molecule has 2 fully saturated rings. The zero-order valence-corrected chi connectivity index (χ0v) is 16.4. The normalized spacial score (nSPS) is 25.2. The molecule has 1 aromatic heterocycles. The minimum absolute atomic E-state index is 0.297. The van der Waals surface area contributed by atoms with Crippen LogP contribution in [0, 0.1) is 6.92 Å². The number of nitrogens with one attached hydrogen (secondary N) is 1. The number of rotatable bonds is 4. The Hall–Kier alpha value is -2.81. The molecule has 1 aromatic carbocycles. The second-order valence-electron chi connectivity index (χ2n) is 7.44. The zero-order valence-electron chi connectivity index (χ0n) is 15.6. The number of β-lactam (4-membered cyclic amide) rings is 1. The molecule has 2 aromatic rings. The van der Waals surface area contributed by atoms with Crippen LogP contribution in [0.4, 0.5) is 0 Å². The molecule has 3 heterocycles. The van der Waals surface area contributed by atoms with Gasteiger partial charge < -0.3 is 20.5 Å². The molecule has 146 valence electrons. The van der Waals surface area contributed by atoms with Gasteiger partial charge in [0.25, 0.3) is 5.91 Å². The van der Waals surface area contributed by atoms with Crippen LogP contribution in [0.3, 0.4) is 0 Å². The van der Waals surface area contributed by atoms with Gasteiger partial charge in [-0.05, 0) is 20.8 Å². The molecule has 2 saturated heterocycles. The molecule has 4 rings (SSSR count). The fraction of sp³-hybridized carbons (Fsp3) is 0.368. The van der Waals surface area contributed by atoms with Crippen molar-refractivity contribution in [2.24, 2.45) is 5.73 Å². The van der Waals surface area contributed by atoms with Crippen LogP contribution in [0.15, 0.2) is 34.9 Å². The van der Waals surface area contributed by atoms with E-state index in [4.69, 9.17) is 10.3 Å². The number of benzene rings is 1. The minimum atomic E-state index is -0.723. The van der Waals surface area contributed by atoms with Crippen LogP contribution in [0.5, 0.6) is 0 Å². The summed E-state index contributed by atoms with van der Waals surface area (Å²) in [6.07, 6.45) is 0. The van der Waals surface area contributed by atoms with Gasteiger partial charge in [-0.3, -0.25) is 14.4 Å². The molecule has 0 aliphatic carbocycles. The molecule has 28 heavy (non-hydrogen) atoms. The van der Waals surface area contributed by atoms with Gasteiger partial charge in [-0.25, -0.2) is 0 Å². The van der Waals surface area contributed by atoms with Crippen molar-refractivity contribution in [1.82, 2.24) is 15.4 Å². The van der Waals surface area contributed by atoms with Gasteiger partial charge in [-0.15, -0.1) is 11.8 Å². The van der Waals surface area contributed by atoms with E-state index in [0.717, 1.165) is 5.56 Å². The molecule has 0 saturated carbocycles. The molecule has 2 aliphatic rings. The number of hydrogen-bond acceptors (Lipinski definition) is 6. The quantitative estimate of drug-likeness (QED) is 0.747. The van der Waals surface area contributed by atoms with Gasteiger partial charge >= 0.3 is 0 Å². The summed E-state index contributed by atoms with van der Waals surface area (Å²) in [5, 5.41) is 6.46. The van der Waals surface area contributed by atoms with Gasteiger partial charge in [0.2, 0.25) is 11.8 Å². The molecule has 8 nitrogen and oxygen atoms in total. The van der Waals surface area contributed by atoms with Crippen LogP contribution < -0.4 is 11.1 Å². The number of nitrogens with two attached hydrogens (primary N) is 1. The number of fused-ring (bicyclic) bond motifs is 1. The monoisotopic (exact) mass is 400 g/mol. The maximum atomic E-state index is 13.0. The lowest BCUT2D eigenvalue weighted by Gasteiger charge is -2.43. The summed E-state index contributed by atoms with van der Waals surface area (Å²) in [5.74, 6) is -0.916. The van der Waals surface area contributed by atoms with E-state index in [1.807, 2.05) is 44.2 Å².